The van der Waals surface area contributed by atoms with Gasteiger partial charge in [0.05, 0.1) is 34.9 Å². The summed E-state index contributed by atoms with van der Waals surface area (Å²) in [6, 6.07) is 16.1. The SMILES string of the molecule is CCOC(=O)c1ccc(N=C2SC(=Cc3cc(Cl)c(OCc4cccc(F)c4)c(OC)c3)C(=O)N2C)cc1. The van der Waals surface area contributed by atoms with Crippen molar-refractivity contribution in [1.82, 2.24) is 4.90 Å². The summed E-state index contributed by atoms with van der Waals surface area (Å²) >= 11 is 7.70. The summed E-state index contributed by atoms with van der Waals surface area (Å²) in [4.78, 5) is 31.2. The summed E-state index contributed by atoms with van der Waals surface area (Å²) in [5.74, 6) is -0.291. The summed E-state index contributed by atoms with van der Waals surface area (Å²) in [5, 5.41) is 0.769. The van der Waals surface area contributed by atoms with Gasteiger partial charge in [-0.2, -0.15) is 0 Å². The molecule has 196 valence electrons. The maximum atomic E-state index is 13.5. The molecule has 4 rings (SSSR count). The number of amidine groups is 1. The van der Waals surface area contributed by atoms with Gasteiger partial charge in [-0.25, -0.2) is 14.2 Å². The second-order valence-electron chi connectivity index (χ2n) is 8.09. The number of methoxy groups -OCH3 is 1. The maximum absolute atomic E-state index is 13.5. The topological polar surface area (TPSA) is 77.4 Å². The van der Waals surface area contributed by atoms with Crippen LogP contribution in [0.15, 0.2) is 70.6 Å². The average molecular weight is 555 g/mol. The number of ether oxygens (including phenoxy) is 3. The first-order valence-electron chi connectivity index (χ1n) is 11.6. The van der Waals surface area contributed by atoms with Gasteiger partial charge in [0, 0.05) is 7.05 Å². The van der Waals surface area contributed by atoms with Gasteiger partial charge in [0.1, 0.15) is 12.4 Å². The number of amides is 1. The molecule has 1 fully saturated rings. The first-order valence-corrected chi connectivity index (χ1v) is 12.8. The molecule has 7 nitrogen and oxygen atoms in total. The van der Waals surface area contributed by atoms with Gasteiger partial charge in [-0.3, -0.25) is 9.69 Å². The molecule has 1 saturated heterocycles. The number of benzene rings is 3. The van der Waals surface area contributed by atoms with Crippen molar-refractivity contribution < 1.29 is 28.2 Å². The number of halogens is 2. The number of esters is 1. The van der Waals surface area contributed by atoms with Gasteiger partial charge in [-0.1, -0.05) is 23.7 Å². The molecule has 0 radical (unpaired) electrons. The summed E-state index contributed by atoms with van der Waals surface area (Å²) in [7, 11) is 3.12. The molecule has 3 aromatic carbocycles. The Balaban J connectivity index is 1.53. The van der Waals surface area contributed by atoms with Crippen molar-refractivity contribution in [3.8, 4) is 11.5 Å². The number of thioether (sulfide) groups is 1. The van der Waals surface area contributed by atoms with Crippen LogP contribution < -0.4 is 9.47 Å². The Labute approximate surface area is 228 Å². The third-order valence-corrected chi connectivity index (χ3v) is 6.77. The predicted octanol–water partition coefficient (Wildman–Crippen LogP) is 6.48. The van der Waals surface area contributed by atoms with E-state index < -0.39 is 5.97 Å². The monoisotopic (exact) mass is 554 g/mol. The zero-order chi connectivity index (χ0) is 27.2. The molecule has 1 aliphatic heterocycles. The fourth-order valence-electron chi connectivity index (χ4n) is 3.55. The van der Waals surface area contributed by atoms with Gasteiger partial charge in [0.2, 0.25) is 0 Å². The highest BCUT2D eigenvalue weighted by molar-refractivity contribution is 8.18. The molecular formula is C28H24ClFN2O5S. The van der Waals surface area contributed by atoms with E-state index in [-0.39, 0.29) is 23.4 Å². The quantitative estimate of drug-likeness (QED) is 0.234. The largest absolute Gasteiger partial charge is 0.493 e. The first kappa shape index (κ1) is 27.2. The second kappa shape index (κ2) is 12.1. The molecule has 0 unspecified atom stereocenters. The minimum Gasteiger partial charge on any atom is -0.493 e. The molecule has 0 atom stereocenters. The van der Waals surface area contributed by atoms with E-state index in [1.165, 1.54) is 35.9 Å². The van der Waals surface area contributed by atoms with Crippen molar-refractivity contribution in [2.45, 2.75) is 13.5 Å². The molecule has 10 heteroatoms. The van der Waals surface area contributed by atoms with Crippen molar-refractivity contribution >= 4 is 52.2 Å². The zero-order valence-electron chi connectivity index (χ0n) is 20.9. The van der Waals surface area contributed by atoms with Gasteiger partial charge >= 0.3 is 5.97 Å². The molecule has 0 spiro atoms. The number of aliphatic imine (C=N–C) groups is 1. The number of rotatable bonds is 8. The van der Waals surface area contributed by atoms with Crippen LogP contribution in [-0.2, 0) is 16.1 Å². The lowest BCUT2D eigenvalue weighted by Gasteiger charge is -2.13. The van der Waals surface area contributed by atoms with Crippen LogP contribution in [0.1, 0.15) is 28.4 Å². The van der Waals surface area contributed by atoms with E-state index in [4.69, 9.17) is 25.8 Å². The van der Waals surface area contributed by atoms with E-state index in [2.05, 4.69) is 4.99 Å². The lowest BCUT2D eigenvalue weighted by atomic mass is 10.1. The summed E-state index contributed by atoms with van der Waals surface area (Å²) in [5.41, 5.74) is 2.29. The number of likely N-dealkylation sites (N-methyl/N-ethyl adjacent to an activating group) is 1. The van der Waals surface area contributed by atoms with Crippen molar-refractivity contribution in [2.24, 2.45) is 4.99 Å². The zero-order valence-corrected chi connectivity index (χ0v) is 22.4. The number of hydrogen-bond acceptors (Lipinski definition) is 7. The van der Waals surface area contributed by atoms with E-state index >= 15 is 0 Å². The van der Waals surface area contributed by atoms with Crippen LogP contribution in [0.4, 0.5) is 10.1 Å². The highest BCUT2D eigenvalue weighted by Crippen LogP contribution is 2.39. The van der Waals surface area contributed by atoms with Crippen molar-refractivity contribution in [2.75, 3.05) is 20.8 Å². The fourth-order valence-corrected chi connectivity index (χ4v) is 4.81. The molecule has 0 saturated carbocycles. The van der Waals surface area contributed by atoms with Crippen molar-refractivity contribution in [3.63, 3.8) is 0 Å². The molecule has 0 aliphatic carbocycles. The number of carbonyl (C=O) groups is 2. The molecule has 3 aromatic rings. The lowest BCUT2D eigenvalue weighted by molar-refractivity contribution is -0.121. The second-order valence-corrected chi connectivity index (χ2v) is 9.51. The van der Waals surface area contributed by atoms with Gasteiger partial charge in [-0.05, 0) is 84.4 Å². The lowest BCUT2D eigenvalue weighted by Crippen LogP contribution is -2.23. The standard InChI is InChI=1S/C28H24ClFN2O5S/c1-4-36-27(34)19-8-10-21(11-9-19)31-28-32(2)26(33)24(38-28)15-18-13-22(29)25(23(14-18)35-3)37-16-17-6-5-7-20(30)12-17/h5-15H,4,16H2,1-3H3. The van der Waals surface area contributed by atoms with Gasteiger partial charge in [0.25, 0.3) is 5.91 Å². The predicted molar refractivity (Wildman–Crippen MR) is 147 cm³/mol. The van der Waals surface area contributed by atoms with Crippen molar-refractivity contribution in [3.05, 3.63) is 93.1 Å². The minimum absolute atomic E-state index is 0.105. The number of carbonyl (C=O) groups excluding carboxylic acids is 2. The fraction of sp³-hybridized carbons (Fsp3) is 0.179. The van der Waals surface area contributed by atoms with Crippen LogP contribution >= 0.6 is 23.4 Å². The Bertz CT molecular complexity index is 1430. The molecule has 0 aromatic heterocycles. The molecule has 0 N–H and O–H groups in total. The molecule has 1 heterocycles. The maximum Gasteiger partial charge on any atom is 0.338 e. The van der Waals surface area contributed by atoms with Crippen LogP contribution in [0.3, 0.4) is 0 Å². The Morgan fingerprint density at radius 1 is 1.16 bits per heavy atom. The van der Waals surface area contributed by atoms with E-state index in [1.54, 1.807) is 68.6 Å². The van der Waals surface area contributed by atoms with E-state index in [0.717, 1.165) is 0 Å². The van der Waals surface area contributed by atoms with Gasteiger partial charge in [0.15, 0.2) is 16.7 Å². The Morgan fingerprint density at radius 2 is 1.92 bits per heavy atom. The summed E-state index contributed by atoms with van der Waals surface area (Å²) in [6.45, 7) is 2.15. The van der Waals surface area contributed by atoms with E-state index in [1.807, 2.05) is 0 Å². The van der Waals surface area contributed by atoms with Crippen LogP contribution in [0.2, 0.25) is 5.02 Å². The summed E-state index contributed by atoms with van der Waals surface area (Å²) < 4.78 is 29.7. The normalized spacial score (nSPS) is 15.3. The van der Waals surface area contributed by atoms with Gasteiger partial charge < -0.3 is 14.2 Å². The van der Waals surface area contributed by atoms with Gasteiger partial charge in [-0.15, -0.1) is 0 Å². The third-order valence-electron chi connectivity index (χ3n) is 5.43. The van der Waals surface area contributed by atoms with E-state index in [9.17, 15) is 14.0 Å². The average Bonchev–Trinajstić information content (AvgIpc) is 3.16. The molecule has 1 amide bonds. The first-order chi connectivity index (χ1) is 18.3. The third kappa shape index (κ3) is 6.35. The van der Waals surface area contributed by atoms with Crippen LogP contribution in [0, 0.1) is 5.82 Å². The molecular weight excluding hydrogens is 531 g/mol. The molecule has 1 aliphatic rings. The van der Waals surface area contributed by atoms with Crippen LogP contribution in [0.25, 0.3) is 6.08 Å². The number of hydrogen-bond donors (Lipinski definition) is 0. The Morgan fingerprint density at radius 3 is 2.61 bits per heavy atom. The van der Waals surface area contributed by atoms with E-state index in [0.29, 0.717) is 50.6 Å². The molecule has 0 bridgehead atoms. The number of nitrogens with zero attached hydrogens (tertiary/aromatic N) is 2. The smallest absolute Gasteiger partial charge is 0.338 e. The summed E-state index contributed by atoms with van der Waals surface area (Å²) in [6.07, 6.45) is 1.70. The highest BCUT2D eigenvalue weighted by atomic mass is 35.5. The Kier molecular flexibility index (Phi) is 8.70. The Hall–Kier alpha value is -3.82. The van der Waals surface area contributed by atoms with Crippen molar-refractivity contribution in [1.29, 1.82) is 0 Å². The molecule has 38 heavy (non-hydrogen) atoms. The van der Waals surface area contributed by atoms with Crippen LogP contribution in [-0.4, -0.2) is 42.7 Å². The minimum atomic E-state index is -0.404. The highest BCUT2D eigenvalue weighted by Gasteiger charge is 2.30. The van der Waals surface area contributed by atoms with Crippen LogP contribution in [0.5, 0.6) is 11.5 Å².